The van der Waals surface area contributed by atoms with Gasteiger partial charge in [-0.3, -0.25) is 9.59 Å². The molecule has 186 valence electrons. The number of rotatable bonds is 8. The molecule has 0 aliphatic heterocycles. The Morgan fingerprint density at radius 3 is 2.17 bits per heavy atom. The molecular weight excluding hydrogens is 444 g/mol. The number of carbonyl (C=O) groups is 3. The summed E-state index contributed by atoms with van der Waals surface area (Å²) in [6.45, 7) is 4.07. The van der Waals surface area contributed by atoms with Crippen LogP contribution in [-0.4, -0.2) is 41.8 Å². The lowest BCUT2D eigenvalue weighted by atomic mass is 9.84. The summed E-state index contributed by atoms with van der Waals surface area (Å²) >= 11 is 0. The number of amides is 2. The maximum Gasteiger partial charge on any atom is 0.407 e. The number of fused-ring (bicyclic) bond motifs is 3. The van der Waals surface area contributed by atoms with E-state index in [9.17, 15) is 19.5 Å². The highest BCUT2D eigenvalue weighted by Crippen LogP contribution is 2.44. The molecule has 4 rings (SSSR count). The molecule has 2 aromatic carbocycles. The van der Waals surface area contributed by atoms with Gasteiger partial charge in [0.2, 0.25) is 5.91 Å². The molecule has 0 radical (unpaired) electrons. The first-order valence-corrected chi connectivity index (χ1v) is 12.5. The number of carboxylic acid groups (broad SMARTS) is 1. The van der Waals surface area contributed by atoms with Gasteiger partial charge in [0.25, 0.3) is 0 Å². The van der Waals surface area contributed by atoms with Gasteiger partial charge in [-0.15, -0.1) is 0 Å². The minimum atomic E-state index is -0.868. The van der Waals surface area contributed by atoms with Crippen molar-refractivity contribution in [1.82, 2.24) is 10.6 Å². The second-order valence-electron chi connectivity index (χ2n) is 9.93. The average molecular weight is 479 g/mol. The summed E-state index contributed by atoms with van der Waals surface area (Å²) in [6, 6.07) is 15.5. The zero-order valence-electron chi connectivity index (χ0n) is 20.3. The Morgan fingerprint density at radius 1 is 0.971 bits per heavy atom. The molecular formula is C28H34N2O5. The third kappa shape index (κ3) is 5.66. The number of alkyl carbamates (subject to hydrolysis) is 1. The zero-order valence-corrected chi connectivity index (χ0v) is 20.3. The number of benzene rings is 2. The summed E-state index contributed by atoms with van der Waals surface area (Å²) in [5, 5.41) is 15.2. The van der Waals surface area contributed by atoms with Crippen LogP contribution in [0.5, 0.6) is 0 Å². The quantitative estimate of drug-likeness (QED) is 0.510. The molecule has 2 aliphatic rings. The van der Waals surface area contributed by atoms with Crippen molar-refractivity contribution >= 4 is 18.0 Å². The van der Waals surface area contributed by atoms with Gasteiger partial charge in [0.05, 0.1) is 5.92 Å². The Labute approximate surface area is 206 Å². The van der Waals surface area contributed by atoms with Crippen LogP contribution in [0.3, 0.4) is 0 Å². The molecule has 35 heavy (non-hydrogen) atoms. The Kier molecular flexibility index (Phi) is 7.73. The van der Waals surface area contributed by atoms with Gasteiger partial charge in [-0.05, 0) is 41.0 Å². The van der Waals surface area contributed by atoms with Crippen LogP contribution in [0, 0.1) is 11.8 Å². The number of aliphatic carboxylic acids is 1. The van der Waals surface area contributed by atoms with Crippen LogP contribution >= 0.6 is 0 Å². The van der Waals surface area contributed by atoms with E-state index in [1.165, 1.54) is 0 Å². The van der Waals surface area contributed by atoms with Crippen LogP contribution in [0.1, 0.15) is 63.0 Å². The lowest BCUT2D eigenvalue weighted by Gasteiger charge is -2.30. The number of hydrogen-bond donors (Lipinski definition) is 3. The highest BCUT2D eigenvalue weighted by Gasteiger charge is 2.33. The third-order valence-corrected chi connectivity index (χ3v) is 7.29. The van der Waals surface area contributed by atoms with Crippen molar-refractivity contribution in [3.05, 3.63) is 59.7 Å². The summed E-state index contributed by atoms with van der Waals surface area (Å²) in [6.07, 6.45) is 2.52. The molecule has 0 spiro atoms. The molecule has 2 aromatic rings. The van der Waals surface area contributed by atoms with Crippen LogP contribution < -0.4 is 10.6 Å². The van der Waals surface area contributed by atoms with E-state index in [0.29, 0.717) is 12.8 Å². The van der Waals surface area contributed by atoms with Gasteiger partial charge in [0.1, 0.15) is 6.61 Å². The summed E-state index contributed by atoms with van der Waals surface area (Å²) < 4.78 is 5.64. The number of ether oxygens (including phenoxy) is 1. The number of carboxylic acids is 1. The minimum Gasteiger partial charge on any atom is -0.481 e. The fraction of sp³-hybridized carbons (Fsp3) is 0.464. The molecule has 0 aromatic heterocycles. The molecule has 1 fully saturated rings. The van der Waals surface area contributed by atoms with Crippen molar-refractivity contribution in [2.45, 2.75) is 64.0 Å². The molecule has 7 heteroatoms. The van der Waals surface area contributed by atoms with E-state index in [2.05, 4.69) is 34.9 Å². The molecule has 0 saturated heterocycles. The molecule has 0 heterocycles. The van der Waals surface area contributed by atoms with Crippen molar-refractivity contribution in [2.24, 2.45) is 11.8 Å². The fourth-order valence-electron chi connectivity index (χ4n) is 5.31. The standard InChI is InChI=1S/C28H34N2O5/c1-17(2)25(15-26(31)29-24-14-8-7-13-22(24)27(32)33)30-28(34)35-16-23-20-11-5-3-9-18(20)19-10-4-6-12-21(19)23/h3-6,9-12,17,22-25H,7-8,13-16H2,1-2H3,(H,29,31)(H,30,34)(H,32,33). The molecule has 7 nitrogen and oxygen atoms in total. The molecule has 2 aliphatic carbocycles. The lowest BCUT2D eigenvalue weighted by molar-refractivity contribution is -0.144. The summed E-state index contributed by atoms with van der Waals surface area (Å²) in [4.78, 5) is 37.0. The second-order valence-corrected chi connectivity index (χ2v) is 9.93. The van der Waals surface area contributed by atoms with E-state index < -0.39 is 24.0 Å². The molecule has 3 atom stereocenters. The Morgan fingerprint density at radius 2 is 1.57 bits per heavy atom. The largest absolute Gasteiger partial charge is 0.481 e. The van der Waals surface area contributed by atoms with Crippen molar-refractivity contribution in [2.75, 3.05) is 6.61 Å². The van der Waals surface area contributed by atoms with E-state index >= 15 is 0 Å². The van der Waals surface area contributed by atoms with Crippen LogP contribution in [0.15, 0.2) is 48.5 Å². The van der Waals surface area contributed by atoms with E-state index in [0.717, 1.165) is 35.1 Å². The fourth-order valence-corrected chi connectivity index (χ4v) is 5.31. The number of hydrogen-bond acceptors (Lipinski definition) is 4. The second kappa shape index (κ2) is 10.9. The molecule has 1 saturated carbocycles. The monoisotopic (exact) mass is 478 g/mol. The van der Waals surface area contributed by atoms with Gasteiger partial charge in [0.15, 0.2) is 0 Å². The first-order chi connectivity index (χ1) is 16.8. The first-order valence-electron chi connectivity index (χ1n) is 12.5. The van der Waals surface area contributed by atoms with Gasteiger partial charge >= 0.3 is 12.1 Å². The maximum atomic E-state index is 12.7. The average Bonchev–Trinajstić information content (AvgIpc) is 3.16. The van der Waals surface area contributed by atoms with Gasteiger partial charge in [-0.1, -0.05) is 75.2 Å². The van der Waals surface area contributed by atoms with E-state index in [1.807, 2.05) is 38.1 Å². The molecule has 2 amide bonds. The third-order valence-electron chi connectivity index (χ3n) is 7.29. The normalized spacial score (nSPS) is 20.0. The highest BCUT2D eigenvalue weighted by atomic mass is 16.5. The van der Waals surface area contributed by atoms with E-state index in [-0.39, 0.29) is 36.8 Å². The first kappa shape index (κ1) is 24.8. The molecule has 0 bridgehead atoms. The SMILES string of the molecule is CC(C)C(CC(=O)NC1CCCCC1C(=O)O)NC(=O)OCC1c2ccccc2-c2ccccc21. The van der Waals surface area contributed by atoms with Crippen LogP contribution in [-0.2, 0) is 14.3 Å². The van der Waals surface area contributed by atoms with Gasteiger partial charge in [-0.25, -0.2) is 4.79 Å². The van der Waals surface area contributed by atoms with Crippen LogP contribution in [0.4, 0.5) is 4.79 Å². The van der Waals surface area contributed by atoms with Crippen molar-refractivity contribution in [3.63, 3.8) is 0 Å². The summed E-state index contributed by atoms with van der Waals surface area (Å²) in [5.74, 6) is -1.70. The minimum absolute atomic E-state index is 0.00265. The molecule has 3 unspecified atom stereocenters. The summed E-state index contributed by atoms with van der Waals surface area (Å²) in [7, 11) is 0. The smallest absolute Gasteiger partial charge is 0.407 e. The molecule has 3 N–H and O–H groups in total. The van der Waals surface area contributed by atoms with E-state index in [4.69, 9.17) is 4.74 Å². The Balaban J connectivity index is 1.34. The van der Waals surface area contributed by atoms with Gasteiger partial charge in [0, 0.05) is 24.4 Å². The summed E-state index contributed by atoms with van der Waals surface area (Å²) in [5.41, 5.74) is 4.61. The number of nitrogens with one attached hydrogen (secondary N) is 2. The zero-order chi connectivity index (χ0) is 24.9. The predicted octanol–water partition coefficient (Wildman–Crippen LogP) is 4.70. The maximum absolute atomic E-state index is 12.7. The number of carbonyl (C=O) groups excluding carboxylic acids is 2. The highest BCUT2D eigenvalue weighted by molar-refractivity contribution is 5.80. The predicted molar refractivity (Wildman–Crippen MR) is 133 cm³/mol. The Hall–Kier alpha value is -3.35. The van der Waals surface area contributed by atoms with Crippen LogP contribution in [0.25, 0.3) is 11.1 Å². The topological polar surface area (TPSA) is 105 Å². The van der Waals surface area contributed by atoms with Crippen molar-refractivity contribution in [1.29, 1.82) is 0 Å². The van der Waals surface area contributed by atoms with E-state index in [1.54, 1.807) is 0 Å². The van der Waals surface area contributed by atoms with Crippen molar-refractivity contribution in [3.8, 4) is 11.1 Å². The van der Waals surface area contributed by atoms with Gasteiger partial charge in [-0.2, -0.15) is 0 Å². The lowest BCUT2D eigenvalue weighted by Crippen LogP contribution is -2.48. The van der Waals surface area contributed by atoms with Crippen LogP contribution in [0.2, 0.25) is 0 Å². The Bertz CT molecular complexity index is 1040. The van der Waals surface area contributed by atoms with Gasteiger partial charge < -0.3 is 20.5 Å². The van der Waals surface area contributed by atoms with Crippen molar-refractivity contribution < 1.29 is 24.2 Å².